The molecule has 0 aliphatic carbocycles. The molecule has 0 aromatic heterocycles. The highest BCUT2D eigenvalue weighted by molar-refractivity contribution is 5.95. The Morgan fingerprint density at radius 1 is 0.971 bits per heavy atom. The third-order valence-corrected chi connectivity index (χ3v) is 5.37. The minimum absolute atomic E-state index is 0.125. The lowest BCUT2D eigenvalue weighted by molar-refractivity contribution is -0.118. The number of nitrogens with zero attached hydrogens (tertiary/aromatic N) is 1. The van der Waals surface area contributed by atoms with E-state index in [1.54, 1.807) is 59.5 Å². The van der Waals surface area contributed by atoms with Gasteiger partial charge >= 0.3 is 5.97 Å². The summed E-state index contributed by atoms with van der Waals surface area (Å²) in [5.41, 5.74) is 3.24. The standard InChI is InChI=1S/C28H24N2O5/c1-34-28(33)22-7-2-5-20(17-22)10-11-21-6-3-8-23(18-21)29-26(31)19-35-25-14-12-24(13-15-25)30-16-4-9-27(30)32/h2-3,5-8,12-15,17-18H,4,9,16,19H2,1H3,(H,29,31). The van der Waals surface area contributed by atoms with Crippen LogP contribution in [0.3, 0.4) is 0 Å². The van der Waals surface area contributed by atoms with Crippen LogP contribution in [0.25, 0.3) is 0 Å². The third kappa shape index (κ3) is 6.27. The molecule has 1 saturated heterocycles. The summed E-state index contributed by atoms with van der Waals surface area (Å²) < 4.78 is 10.3. The van der Waals surface area contributed by atoms with Gasteiger partial charge in [0.1, 0.15) is 5.75 Å². The molecule has 35 heavy (non-hydrogen) atoms. The van der Waals surface area contributed by atoms with Crippen LogP contribution in [0.5, 0.6) is 5.75 Å². The fraction of sp³-hybridized carbons (Fsp3) is 0.179. The van der Waals surface area contributed by atoms with Crippen molar-refractivity contribution in [3.63, 3.8) is 0 Å². The van der Waals surface area contributed by atoms with E-state index in [-0.39, 0.29) is 18.4 Å². The van der Waals surface area contributed by atoms with Gasteiger partial charge in [-0.05, 0) is 67.1 Å². The summed E-state index contributed by atoms with van der Waals surface area (Å²) in [6.45, 7) is 0.572. The molecule has 1 N–H and O–H groups in total. The first-order valence-corrected chi connectivity index (χ1v) is 11.2. The summed E-state index contributed by atoms with van der Waals surface area (Å²) in [6.07, 6.45) is 1.44. The molecule has 1 fully saturated rings. The minimum atomic E-state index is -0.418. The van der Waals surface area contributed by atoms with Crippen LogP contribution in [-0.4, -0.2) is 38.0 Å². The largest absolute Gasteiger partial charge is 0.484 e. The van der Waals surface area contributed by atoms with E-state index >= 15 is 0 Å². The average Bonchev–Trinajstić information content (AvgIpc) is 3.32. The van der Waals surface area contributed by atoms with Crippen molar-refractivity contribution in [2.75, 3.05) is 30.5 Å². The first-order valence-electron chi connectivity index (χ1n) is 11.2. The van der Waals surface area contributed by atoms with Crippen molar-refractivity contribution in [2.45, 2.75) is 12.8 Å². The molecule has 0 bridgehead atoms. The van der Waals surface area contributed by atoms with Gasteiger partial charge in [0.25, 0.3) is 5.91 Å². The molecule has 7 heteroatoms. The van der Waals surface area contributed by atoms with Crippen molar-refractivity contribution < 1.29 is 23.9 Å². The van der Waals surface area contributed by atoms with E-state index in [2.05, 4.69) is 17.2 Å². The number of amides is 2. The Morgan fingerprint density at radius 3 is 2.37 bits per heavy atom. The third-order valence-electron chi connectivity index (χ3n) is 5.37. The molecule has 7 nitrogen and oxygen atoms in total. The molecular weight excluding hydrogens is 444 g/mol. The smallest absolute Gasteiger partial charge is 0.337 e. The molecule has 0 radical (unpaired) electrons. The highest BCUT2D eigenvalue weighted by atomic mass is 16.5. The number of carbonyl (C=O) groups is 3. The molecule has 3 aromatic carbocycles. The average molecular weight is 469 g/mol. The molecule has 1 aliphatic heterocycles. The maximum absolute atomic E-state index is 12.4. The summed E-state index contributed by atoms with van der Waals surface area (Å²) in [5.74, 6) is 6.00. The minimum Gasteiger partial charge on any atom is -0.484 e. The number of benzene rings is 3. The summed E-state index contributed by atoms with van der Waals surface area (Å²) in [6, 6.07) is 21.2. The van der Waals surface area contributed by atoms with E-state index in [1.165, 1.54) is 7.11 Å². The predicted octanol–water partition coefficient (Wildman–Crippen LogP) is 4.02. The molecule has 0 spiro atoms. The maximum Gasteiger partial charge on any atom is 0.337 e. The van der Waals surface area contributed by atoms with Crippen LogP contribution < -0.4 is 15.0 Å². The molecule has 176 valence electrons. The van der Waals surface area contributed by atoms with E-state index in [0.29, 0.717) is 34.5 Å². The van der Waals surface area contributed by atoms with Crippen LogP contribution in [0.4, 0.5) is 11.4 Å². The topological polar surface area (TPSA) is 84.9 Å². The number of anilines is 2. The first-order chi connectivity index (χ1) is 17.0. The molecule has 1 aliphatic rings. The number of hydrogen-bond donors (Lipinski definition) is 1. The van der Waals surface area contributed by atoms with Crippen molar-refractivity contribution in [2.24, 2.45) is 0 Å². The first kappa shape index (κ1) is 23.6. The van der Waals surface area contributed by atoms with Crippen molar-refractivity contribution >= 4 is 29.2 Å². The maximum atomic E-state index is 12.4. The number of carbonyl (C=O) groups excluding carboxylic acids is 3. The van der Waals surface area contributed by atoms with Gasteiger partial charge in [0.15, 0.2) is 6.61 Å². The van der Waals surface area contributed by atoms with Gasteiger partial charge in [-0.1, -0.05) is 24.0 Å². The van der Waals surface area contributed by atoms with Gasteiger partial charge in [0.05, 0.1) is 12.7 Å². The summed E-state index contributed by atoms with van der Waals surface area (Å²) in [5, 5.41) is 2.80. The molecule has 2 amide bonds. The molecule has 1 heterocycles. The number of hydrogen-bond acceptors (Lipinski definition) is 5. The molecular formula is C28H24N2O5. The fourth-order valence-electron chi connectivity index (χ4n) is 3.65. The van der Waals surface area contributed by atoms with E-state index in [4.69, 9.17) is 9.47 Å². The Kier molecular flexibility index (Phi) is 7.44. The number of esters is 1. The van der Waals surface area contributed by atoms with Gasteiger partial charge < -0.3 is 19.7 Å². The van der Waals surface area contributed by atoms with Crippen molar-refractivity contribution in [3.8, 4) is 17.6 Å². The zero-order chi connectivity index (χ0) is 24.6. The Labute approximate surface area is 203 Å². The monoisotopic (exact) mass is 468 g/mol. The number of methoxy groups -OCH3 is 1. The Morgan fingerprint density at radius 2 is 1.69 bits per heavy atom. The Balaban J connectivity index is 1.33. The second-order valence-corrected chi connectivity index (χ2v) is 7.88. The van der Waals surface area contributed by atoms with Crippen LogP contribution in [0.2, 0.25) is 0 Å². The second-order valence-electron chi connectivity index (χ2n) is 7.88. The van der Waals surface area contributed by atoms with Crippen molar-refractivity contribution in [1.82, 2.24) is 0 Å². The highest BCUT2D eigenvalue weighted by Crippen LogP contribution is 2.24. The zero-order valence-corrected chi connectivity index (χ0v) is 19.2. The highest BCUT2D eigenvalue weighted by Gasteiger charge is 2.21. The Hall–Kier alpha value is -4.57. The van der Waals surface area contributed by atoms with Gasteiger partial charge in [-0.3, -0.25) is 9.59 Å². The molecule has 4 rings (SSSR count). The van der Waals surface area contributed by atoms with Crippen LogP contribution in [-0.2, 0) is 14.3 Å². The van der Waals surface area contributed by atoms with Gasteiger partial charge in [-0.25, -0.2) is 4.79 Å². The molecule has 0 saturated carbocycles. The molecule has 0 atom stereocenters. The van der Waals surface area contributed by atoms with Crippen molar-refractivity contribution in [1.29, 1.82) is 0 Å². The van der Waals surface area contributed by atoms with Crippen LogP contribution in [0.15, 0.2) is 72.8 Å². The van der Waals surface area contributed by atoms with Crippen LogP contribution >= 0.6 is 0 Å². The molecule has 3 aromatic rings. The van der Waals surface area contributed by atoms with E-state index in [9.17, 15) is 14.4 Å². The number of rotatable bonds is 6. The van der Waals surface area contributed by atoms with Gasteiger partial charge in [-0.15, -0.1) is 0 Å². The summed E-state index contributed by atoms with van der Waals surface area (Å²) >= 11 is 0. The van der Waals surface area contributed by atoms with E-state index in [1.807, 2.05) is 18.2 Å². The van der Waals surface area contributed by atoms with Gasteiger partial charge in [0, 0.05) is 35.5 Å². The number of ether oxygens (including phenoxy) is 2. The van der Waals surface area contributed by atoms with E-state index < -0.39 is 5.97 Å². The fourth-order valence-corrected chi connectivity index (χ4v) is 3.65. The number of nitrogens with one attached hydrogen (secondary N) is 1. The lowest BCUT2D eigenvalue weighted by atomic mass is 10.1. The normalized spacial score (nSPS) is 12.5. The molecule has 0 unspecified atom stereocenters. The predicted molar refractivity (Wildman–Crippen MR) is 132 cm³/mol. The lowest BCUT2D eigenvalue weighted by Gasteiger charge is -2.16. The van der Waals surface area contributed by atoms with E-state index in [0.717, 1.165) is 18.7 Å². The summed E-state index contributed by atoms with van der Waals surface area (Å²) in [4.78, 5) is 37.6. The SMILES string of the molecule is COC(=O)c1cccc(C#Cc2cccc(NC(=O)COc3ccc(N4CCCC4=O)cc3)c2)c1. The summed E-state index contributed by atoms with van der Waals surface area (Å²) in [7, 11) is 1.33. The van der Waals surface area contributed by atoms with Gasteiger partial charge in [-0.2, -0.15) is 0 Å². The van der Waals surface area contributed by atoms with Crippen LogP contribution in [0.1, 0.15) is 34.3 Å². The van der Waals surface area contributed by atoms with Crippen LogP contribution in [0, 0.1) is 11.8 Å². The quantitative estimate of drug-likeness (QED) is 0.436. The Bertz CT molecular complexity index is 1300. The zero-order valence-electron chi connectivity index (χ0n) is 19.2. The van der Waals surface area contributed by atoms with Gasteiger partial charge in [0.2, 0.25) is 5.91 Å². The van der Waals surface area contributed by atoms with Crippen molar-refractivity contribution in [3.05, 3.63) is 89.5 Å². The lowest BCUT2D eigenvalue weighted by Crippen LogP contribution is -2.23. The second kappa shape index (κ2) is 11.0.